The molecule has 0 spiro atoms. The van der Waals surface area contributed by atoms with Crippen molar-refractivity contribution in [2.75, 3.05) is 5.32 Å². The average Bonchev–Trinajstić information content (AvgIpc) is 3.24. The summed E-state index contributed by atoms with van der Waals surface area (Å²) in [4.78, 5) is 12.1. The standard InChI is InChI=1S/C16H20N6OS/c1-10-13(11(2)22(21-10)9-3-8-17)6-7-14(23)18-16-20-19-15(24-16)12-4-5-12/h12H,3-7,9H2,1-2H3,(H,18,20,23). The summed E-state index contributed by atoms with van der Waals surface area (Å²) in [7, 11) is 0. The molecule has 1 saturated carbocycles. The van der Waals surface area contributed by atoms with E-state index in [9.17, 15) is 4.79 Å². The van der Waals surface area contributed by atoms with Crippen LogP contribution in [0, 0.1) is 25.2 Å². The summed E-state index contributed by atoms with van der Waals surface area (Å²) in [6, 6.07) is 2.13. The molecule has 0 atom stereocenters. The van der Waals surface area contributed by atoms with E-state index in [2.05, 4.69) is 26.7 Å². The first-order chi connectivity index (χ1) is 11.6. The van der Waals surface area contributed by atoms with E-state index < -0.39 is 0 Å². The quantitative estimate of drug-likeness (QED) is 0.833. The van der Waals surface area contributed by atoms with E-state index in [1.165, 1.54) is 24.2 Å². The molecule has 24 heavy (non-hydrogen) atoms. The number of hydrogen-bond donors (Lipinski definition) is 1. The first-order valence-corrected chi connectivity index (χ1v) is 8.93. The van der Waals surface area contributed by atoms with Crippen molar-refractivity contribution in [2.24, 2.45) is 0 Å². The number of hydrogen-bond acceptors (Lipinski definition) is 6. The van der Waals surface area contributed by atoms with E-state index in [0.717, 1.165) is 22.0 Å². The van der Waals surface area contributed by atoms with Gasteiger partial charge in [0.2, 0.25) is 11.0 Å². The van der Waals surface area contributed by atoms with Gasteiger partial charge < -0.3 is 5.32 Å². The number of rotatable bonds is 7. The number of nitriles is 1. The molecule has 0 radical (unpaired) electrons. The summed E-state index contributed by atoms with van der Waals surface area (Å²) in [5, 5.41) is 25.7. The molecular formula is C16H20N6OS. The van der Waals surface area contributed by atoms with Crippen LogP contribution in [0.25, 0.3) is 0 Å². The molecule has 2 aromatic heterocycles. The van der Waals surface area contributed by atoms with Gasteiger partial charge in [-0.05, 0) is 38.7 Å². The molecule has 0 bridgehead atoms. The van der Waals surface area contributed by atoms with Crippen molar-refractivity contribution in [3.63, 3.8) is 0 Å². The van der Waals surface area contributed by atoms with Crippen LogP contribution in [0.3, 0.4) is 0 Å². The van der Waals surface area contributed by atoms with Crippen LogP contribution >= 0.6 is 11.3 Å². The highest BCUT2D eigenvalue weighted by Crippen LogP contribution is 2.42. The third-order valence-corrected chi connectivity index (χ3v) is 5.18. The van der Waals surface area contributed by atoms with Gasteiger partial charge in [0, 0.05) is 18.0 Å². The number of nitrogens with one attached hydrogen (secondary N) is 1. The van der Waals surface area contributed by atoms with Crippen molar-refractivity contribution < 1.29 is 4.79 Å². The second-order valence-corrected chi connectivity index (χ2v) is 7.06. The highest BCUT2D eigenvalue weighted by molar-refractivity contribution is 7.15. The Hall–Kier alpha value is -2.27. The number of nitrogens with zero attached hydrogens (tertiary/aromatic N) is 5. The summed E-state index contributed by atoms with van der Waals surface area (Å²) >= 11 is 1.47. The van der Waals surface area contributed by atoms with Gasteiger partial charge in [-0.15, -0.1) is 10.2 Å². The Morgan fingerprint density at radius 1 is 1.42 bits per heavy atom. The second-order valence-electron chi connectivity index (χ2n) is 6.05. The molecule has 2 aromatic rings. The average molecular weight is 344 g/mol. The van der Waals surface area contributed by atoms with Crippen LogP contribution in [0.5, 0.6) is 0 Å². The molecule has 0 aliphatic heterocycles. The molecule has 1 aliphatic rings. The molecule has 1 amide bonds. The number of carbonyl (C=O) groups is 1. The molecule has 2 heterocycles. The van der Waals surface area contributed by atoms with Crippen molar-refractivity contribution >= 4 is 22.4 Å². The number of anilines is 1. The Kier molecular flexibility index (Phi) is 4.90. The highest BCUT2D eigenvalue weighted by atomic mass is 32.1. The monoisotopic (exact) mass is 344 g/mol. The topological polar surface area (TPSA) is 96.5 Å². The lowest BCUT2D eigenvalue weighted by atomic mass is 10.1. The number of aryl methyl sites for hydroxylation is 2. The minimum Gasteiger partial charge on any atom is -0.301 e. The Bertz CT molecular complexity index is 783. The van der Waals surface area contributed by atoms with Gasteiger partial charge in [0.25, 0.3) is 0 Å². The van der Waals surface area contributed by atoms with Crippen LogP contribution in [-0.2, 0) is 17.8 Å². The smallest absolute Gasteiger partial charge is 0.226 e. The molecule has 1 fully saturated rings. The Balaban J connectivity index is 1.55. The fourth-order valence-corrected chi connectivity index (χ4v) is 3.60. The number of aromatic nitrogens is 4. The maximum Gasteiger partial charge on any atom is 0.226 e. The molecule has 0 aromatic carbocycles. The number of carbonyl (C=O) groups excluding carboxylic acids is 1. The first-order valence-electron chi connectivity index (χ1n) is 8.11. The third kappa shape index (κ3) is 3.79. The molecule has 7 nitrogen and oxygen atoms in total. The maximum atomic E-state index is 12.1. The van der Waals surface area contributed by atoms with Gasteiger partial charge in [-0.25, -0.2) is 0 Å². The third-order valence-electron chi connectivity index (χ3n) is 4.18. The summed E-state index contributed by atoms with van der Waals surface area (Å²) in [5.41, 5.74) is 3.03. The highest BCUT2D eigenvalue weighted by Gasteiger charge is 2.27. The minimum atomic E-state index is -0.0583. The van der Waals surface area contributed by atoms with Crippen molar-refractivity contribution in [3.05, 3.63) is 22.0 Å². The lowest BCUT2D eigenvalue weighted by molar-refractivity contribution is -0.116. The molecule has 8 heteroatoms. The minimum absolute atomic E-state index is 0.0583. The molecule has 1 N–H and O–H groups in total. The predicted molar refractivity (Wildman–Crippen MR) is 90.8 cm³/mol. The van der Waals surface area contributed by atoms with Crippen molar-refractivity contribution in [1.82, 2.24) is 20.0 Å². The van der Waals surface area contributed by atoms with Gasteiger partial charge in [0.1, 0.15) is 5.01 Å². The summed E-state index contributed by atoms with van der Waals surface area (Å²) in [6.07, 6.45) is 3.80. The van der Waals surface area contributed by atoms with Crippen LogP contribution in [0.1, 0.15) is 53.6 Å². The molecular weight excluding hydrogens is 324 g/mol. The van der Waals surface area contributed by atoms with E-state index in [0.29, 0.717) is 36.9 Å². The summed E-state index contributed by atoms with van der Waals surface area (Å²) < 4.78 is 1.85. The second kappa shape index (κ2) is 7.09. The fourth-order valence-electron chi connectivity index (χ4n) is 2.67. The van der Waals surface area contributed by atoms with Gasteiger partial charge in [-0.3, -0.25) is 9.48 Å². The van der Waals surface area contributed by atoms with E-state index in [4.69, 9.17) is 5.26 Å². The van der Waals surface area contributed by atoms with Crippen molar-refractivity contribution in [1.29, 1.82) is 5.26 Å². The molecule has 0 saturated heterocycles. The zero-order valence-electron chi connectivity index (χ0n) is 13.9. The van der Waals surface area contributed by atoms with Crippen LogP contribution in [0.15, 0.2) is 0 Å². The predicted octanol–water partition coefficient (Wildman–Crippen LogP) is 2.71. The van der Waals surface area contributed by atoms with E-state index in [-0.39, 0.29) is 5.91 Å². The van der Waals surface area contributed by atoms with E-state index in [1.807, 2.05) is 18.5 Å². The number of amides is 1. The Morgan fingerprint density at radius 3 is 2.92 bits per heavy atom. The SMILES string of the molecule is Cc1nn(CCC#N)c(C)c1CCC(=O)Nc1nnc(C2CC2)s1. The zero-order chi connectivity index (χ0) is 17.1. The van der Waals surface area contributed by atoms with Crippen molar-refractivity contribution in [2.45, 2.75) is 58.4 Å². The van der Waals surface area contributed by atoms with Crippen LogP contribution in [0.2, 0.25) is 0 Å². The van der Waals surface area contributed by atoms with Gasteiger partial charge in [0.05, 0.1) is 24.7 Å². The van der Waals surface area contributed by atoms with Crippen LogP contribution in [0.4, 0.5) is 5.13 Å². The summed E-state index contributed by atoms with van der Waals surface area (Å²) in [6.45, 7) is 4.51. The van der Waals surface area contributed by atoms with E-state index >= 15 is 0 Å². The fraction of sp³-hybridized carbons (Fsp3) is 0.562. The van der Waals surface area contributed by atoms with E-state index in [1.54, 1.807) is 0 Å². The van der Waals surface area contributed by atoms with Gasteiger partial charge >= 0.3 is 0 Å². The maximum absolute atomic E-state index is 12.1. The Morgan fingerprint density at radius 2 is 2.21 bits per heavy atom. The van der Waals surface area contributed by atoms with Gasteiger partial charge in [-0.2, -0.15) is 10.4 Å². The largest absolute Gasteiger partial charge is 0.301 e. The van der Waals surface area contributed by atoms with Crippen LogP contribution < -0.4 is 5.32 Å². The van der Waals surface area contributed by atoms with Crippen molar-refractivity contribution in [3.8, 4) is 6.07 Å². The van der Waals surface area contributed by atoms with Gasteiger partial charge in [0.15, 0.2) is 0 Å². The van der Waals surface area contributed by atoms with Gasteiger partial charge in [-0.1, -0.05) is 11.3 Å². The lowest BCUT2D eigenvalue weighted by Gasteiger charge is -2.04. The lowest BCUT2D eigenvalue weighted by Crippen LogP contribution is -2.12. The van der Waals surface area contributed by atoms with Crippen LogP contribution in [-0.4, -0.2) is 25.9 Å². The summed E-state index contributed by atoms with van der Waals surface area (Å²) in [5.74, 6) is 0.495. The normalized spacial score (nSPS) is 13.7. The first kappa shape index (κ1) is 16.6. The Labute approximate surface area is 144 Å². The zero-order valence-corrected chi connectivity index (χ0v) is 14.7. The molecule has 3 rings (SSSR count). The molecule has 126 valence electrons. The molecule has 0 unspecified atom stereocenters. The molecule has 1 aliphatic carbocycles.